The second-order valence-corrected chi connectivity index (χ2v) is 10.0. The van der Waals surface area contributed by atoms with Crippen LogP contribution < -0.4 is 20.3 Å². The molecule has 2 aromatic heterocycles. The Labute approximate surface area is 257 Å². The lowest BCUT2D eigenvalue weighted by Gasteiger charge is -2.10. The van der Waals surface area contributed by atoms with E-state index >= 15 is 0 Å². The Balaban J connectivity index is 1.19. The molecule has 0 aliphatic heterocycles. The molecule has 0 fully saturated rings. The van der Waals surface area contributed by atoms with Gasteiger partial charge in [0, 0.05) is 43.9 Å². The number of carbonyl (C=O) groups is 2. The van der Waals surface area contributed by atoms with Crippen LogP contribution in [-0.2, 0) is 26.1 Å². The van der Waals surface area contributed by atoms with Gasteiger partial charge < -0.3 is 19.4 Å². The molecule has 0 spiro atoms. The Morgan fingerprint density at radius 2 is 1.46 bits per heavy atom. The predicted molar refractivity (Wildman–Crippen MR) is 150 cm³/mol. The van der Waals surface area contributed by atoms with Gasteiger partial charge in [-0.3, -0.25) is 19.1 Å². The van der Waals surface area contributed by atoms with Crippen LogP contribution in [0, 0.1) is 0 Å². The summed E-state index contributed by atoms with van der Waals surface area (Å²) in [5, 5.41) is 10.3. The van der Waals surface area contributed by atoms with E-state index in [0.29, 0.717) is 37.1 Å². The molecule has 46 heavy (non-hydrogen) atoms. The average molecular weight is 652 g/mol. The standard InChI is InChI=1S/C30H27F6N5O5/c31-29(32,33)45-23-7-3-5-20(15-23)9-10-26(42)22-11-14-40(27(43)17-22)12-1-2-13-41-19-25(38-39-41)28(44)37-18-21-6-4-8-24(16-21)46-30(34,35)36/h3-8,11,14-17,19H,1-2,9-10,12-13,18H2,(H,37,44). The van der Waals surface area contributed by atoms with Crippen molar-refractivity contribution in [1.82, 2.24) is 24.9 Å². The van der Waals surface area contributed by atoms with Crippen molar-refractivity contribution in [3.8, 4) is 11.5 Å². The summed E-state index contributed by atoms with van der Waals surface area (Å²) in [7, 11) is 0. The maximum absolute atomic E-state index is 12.6. The fourth-order valence-corrected chi connectivity index (χ4v) is 4.36. The van der Waals surface area contributed by atoms with Crippen LogP contribution in [0.25, 0.3) is 0 Å². The Kier molecular flexibility index (Phi) is 10.8. The van der Waals surface area contributed by atoms with E-state index < -0.39 is 24.4 Å². The molecule has 0 bridgehead atoms. The molecule has 2 aromatic carbocycles. The molecule has 4 aromatic rings. The summed E-state index contributed by atoms with van der Waals surface area (Å²) in [5.41, 5.74) is 0.690. The number of Topliss-reactive ketones (excluding diaryl/α,β-unsaturated/α-hetero) is 1. The van der Waals surface area contributed by atoms with Crippen molar-refractivity contribution in [3.63, 3.8) is 0 Å². The molecular weight excluding hydrogens is 624 g/mol. The first kappa shape index (κ1) is 33.7. The minimum Gasteiger partial charge on any atom is -0.406 e. The lowest BCUT2D eigenvalue weighted by molar-refractivity contribution is -0.275. The Morgan fingerprint density at radius 3 is 2.11 bits per heavy atom. The van der Waals surface area contributed by atoms with E-state index in [2.05, 4.69) is 25.1 Å². The summed E-state index contributed by atoms with van der Waals surface area (Å²) in [6, 6.07) is 13.3. The van der Waals surface area contributed by atoms with Crippen molar-refractivity contribution in [3.05, 3.63) is 106 Å². The first-order valence-electron chi connectivity index (χ1n) is 13.9. The molecule has 2 heterocycles. The maximum Gasteiger partial charge on any atom is 0.573 e. The minimum atomic E-state index is -4.83. The van der Waals surface area contributed by atoms with E-state index in [1.54, 1.807) is 6.07 Å². The molecule has 0 atom stereocenters. The maximum atomic E-state index is 12.6. The van der Waals surface area contributed by atoms with E-state index in [-0.39, 0.29) is 47.7 Å². The van der Waals surface area contributed by atoms with Crippen LogP contribution in [0.1, 0.15) is 51.2 Å². The van der Waals surface area contributed by atoms with Crippen molar-refractivity contribution < 1.29 is 45.4 Å². The number of aryl methyl sites for hydroxylation is 3. The normalized spacial score (nSPS) is 11.7. The molecule has 0 saturated carbocycles. The number of rotatable bonds is 14. The summed E-state index contributed by atoms with van der Waals surface area (Å²) < 4.78 is 85.2. The van der Waals surface area contributed by atoms with Gasteiger partial charge in [0.2, 0.25) is 0 Å². The average Bonchev–Trinajstić information content (AvgIpc) is 3.45. The molecule has 1 N–H and O–H groups in total. The number of hydrogen-bond donors (Lipinski definition) is 1. The zero-order valence-electron chi connectivity index (χ0n) is 24.0. The number of pyridine rings is 1. The number of carbonyl (C=O) groups excluding carboxylic acids is 2. The van der Waals surface area contributed by atoms with Crippen molar-refractivity contribution in [2.75, 3.05) is 0 Å². The highest BCUT2D eigenvalue weighted by Crippen LogP contribution is 2.25. The summed E-state index contributed by atoms with van der Waals surface area (Å²) >= 11 is 0. The highest BCUT2D eigenvalue weighted by atomic mass is 19.4. The van der Waals surface area contributed by atoms with Crippen molar-refractivity contribution in [1.29, 1.82) is 0 Å². The number of alkyl halides is 6. The first-order chi connectivity index (χ1) is 21.7. The first-order valence-corrected chi connectivity index (χ1v) is 13.9. The molecule has 16 heteroatoms. The predicted octanol–water partition coefficient (Wildman–Crippen LogP) is 5.46. The molecule has 0 saturated heterocycles. The Bertz CT molecular complexity index is 1720. The fourth-order valence-electron chi connectivity index (χ4n) is 4.36. The number of ketones is 1. The van der Waals surface area contributed by atoms with Crippen molar-refractivity contribution in [2.45, 2.75) is 58.0 Å². The van der Waals surface area contributed by atoms with E-state index in [1.165, 1.54) is 58.0 Å². The molecule has 0 radical (unpaired) electrons. The molecule has 0 aliphatic rings. The number of halogens is 6. The summed E-state index contributed by atoms with van der Waals surface area (Å²) in [6.45, 7) is 0.671. The number of nitrogens with one attached hydrogen (secondary N) is 1. The van der Waals surface area contributed by atoms with E-state index in [0.717, 1.165) is 18.2 Å². The third kappa shape index (κ3) is 10.8. The van der Waals surface area contributed by atoms with E-state index in [1.807, 2.05) is 0 Å². The summed E-state index contributed by atoms with van der Waals surface area (Å²) in [6.07, 6.45) is -5.46. The molecule has 4 rings (SSSR count). The van der Waals surface area contributed by atoms with Gasteiger partial charge in [-0.25, -0.2) is 0 Å². The van der Waals surface area contributed by atoms with Crippen LogP contribution >= 0.6 is 0 Å². The number of amides is 1. The second kappa shape index (κ2) is 14.8. The Hall–Kier alpha value is -5.15. The quantitative estimate of drug-likeness (QED) is 0.109. The highest BCUT2D eigenvalue weighted by molar-refractivity contribution is 5.96. The van der Waals surface area contributed by atoms with Crippen LogP contribution in [-0.4, -0.2) is 44.0 Å². The second-order valence-electron chi connectivity index (χ2n) is 10.0. The lowest BCUT2D eigenvalue weighted by Crippen LogP contribution is -2.23. The number of ether oxygens (including phenoxy) is 2. The van der Waals surface area contributed by atoms with Gasteiger partial charge in [0.15, 0.2) is 11.5 Å². The number of benzene rings is 2. The number of aromatic nitrogens is 4. The summed E-state index contributed by atoms with van der Waals surface area (Å²) in [5.74, 6) is -1.69. The van der Waals surface area contributed by atoms with Gasteiger partial charge in [0.1, 0.15) is 11.5 Å². The SMILES string of the molecule is O=C(CCc1cccc(OC(F)(F)F)c1)c1ccn(CCCCn2cc(C(=O)NCc3cccc(OC(F)(F)F)c3)nn2)c(=O)c1. The van der Waals surface area contributed by atoms with Crippen LogP contribution in [0.4, 0.5) is 26.3 Å². The van der Waals surface area contributed by atoms with Crippen LogP contribution in [0.2, 0.25) is 0 Å². The van der Waals surface area contributed by atoms with Crippen molar-refractivity contribution >= 4 is 11.7 Å². The van der Waals surface area contributed by atoms with Crippen LogP contribution in [0.15, 0.2) is 77.9 Å². The van der Waals surface area contributed by atoms with Gasteiger partial charge in [-0.2, -0.15) is 0 Å². The monoisotopic (exact) mass is 651 g/mol. The zero-order chi connectivity index (χ0) is 33.3. The molecular formula is C30H27F6N5O5. The number of hydrogen-bond acceptors (Lipinski definition) is 7. The Morgan fingerprint density at radius 1 is 0.826 bits per heavy atom. The van der Waals surface area contributed by atoms with Crippen LogP contribution in [0.3, 0.4) is 0 Å². The lowest BCUT2D eigenvalue weighted by atomic mass is 10.0. The molecule has 10 nitrogen and oxygen atoms in total. The number of unbranched alkanes of at least 4 members (excludes halogenated alkanes) is 1. The number of nitrogens with zero attached hydrogens (tertiary/aromatic N) is 4. The topological polar surface area (TPSA) is 117 Å². The van der Waals surface area contributed by atoms with Gasteiger partial charge in [0.05, 0.1) is 6.20 Å². The van der Waals surface area contributed by atoms with Gasteiger partial charge in [0.25, 0.3) is 11.5 Å². The van der Waals surface area contributed by atoms with Gasteiger partial charge >= 0.3 is 12.7 Å². The molecule has 0 aliphatic carbocycles. The smallest absolute Gasteiger partial charge is 0.406 e. The fraction of sp³-hybridized carbons (Fsp3) is 0.300. The summed E-state index contributed by atoms with van der Waals surface area (Å²) in [4.78, 5) is 37.5. The van der Waals surface area contributed by atoms with Crippen LogP contribution in [0.5, 0.6) is 11.5 Å². The zero-order valence-corrected chi connectivity index (χ0v) is 24.0. The van der Waals surface area contributed by atoms with Crippen molar-refractivity contribution in [2.24, 2.45) is 0 Å². The van der Waals surface area contributed by atoms with E-state index in [9.17, 15) is 40.7 Å². The molecule has 0 unspecified atom stereocenters. The van der Waals surface area contributed by atoms with E-state index in [4.69, 9.17) is 0 Å². The van der Waals surface area contributed by atoms with Gasteiger partial charge in [-0.1, -0.05) is 29.5 Å². The van der Waals surface area contributed by atoms with Gasteiger partial charge in [-0.05, 0) is 60.7 Å². The highest BCUT2D eigenvalue weighted by Gasteiger charge is 2.31. The largest absolute Gasteiger partial charge is 0.573 e. The third-order valence-electron chi connectivity index (χ3n) is 6.48. The molecule has 1 amide bonds. The molecule has 244 valence electrons. The van der Waals surface area contributed by atoms with Gasteiger partial charge in [-0.15, -0.1) is 31.4 Å². The minimum absolute atomic E-state index is 0.0129. The third-order valence-corrected chi connectivity index (χ3v) is 6.48.